The fourth-order valence-electron chi connectivity index (χ4n) is 2.68. The summed E-state index contributed by atoms with van der Waals surface area (Å²) in [4.78, 5) is 11.6. The highest BCUT2D eigenvalue weighted by atomic mass is 79.9. The second kappa shape index (κ2) is 5.02. The number of ether oxygens (including phenoxy) is 1. The Balaban J connectivity index is 2.00. The molecule has 0 amide bonds. The molecule has 3 rings (SSSR count). The van der Waals surface area contributed by atoms with Gasteiger partial charge in [-0.05, 0) is 59.7 Å². The SMILES string of the molecule is O=C(O)C1(c2cc(F)cc(Br)c2OCC2CC2)CCC1. The minimum Gasteiger partial charge on any atom is -0.492 e. The van der Waals surface area contributed by atoms with Crippen LogP contribution in [-0.2, 0) is 10.2 Å². The molecule has 0 aromatic heterocycles. The van der Waals surface area contributed by atoms with Crippen molar-refractivity contribution in [2.45, 2.75) is 37.5 Å². The van der Waals surface area contributed by atoms with Gasteiger partial charge >= 0.3 is 5.97 Å². The minimum absolute atomic E-state index is 0.432. The second-order valence-electron chi connectivity index (χ2n) is 5.76. The molecule has 0 heterocycles. The van der Waals surface area contributed by atoms with Gasteiger partial charge in [-0.3, -0.25) is 4.79 Å². The number of carboxylic acid groups (broad SMARTS) is 1. The van der Waals surface area contributed by atoms with Crippen LogP contribution >= 0.6 is 15.9 Å². The Bertz CT molecular complexity index is 550. The van der Waals surface area contributed by atoms with Crippen LogP contribution in [0.3, 0.4) is 0 Å². The Morgan fingerprint density at radius 3 is 2.65 bits per heavy atom. The fraction of sp³-hybridized carbons (Fsp3) is 0.533. The van der Waals surface area contributed by atoms with Gasteiger partial charge in [0, 0.05) is 5.56 Å². The summed E-state index contributed by atoms with van der Waals surface area (Å²) >= 11 is 3.31. The van der Waals surface area contributed by atoms with Gasteiger partial charge in [0.25, 0.3) is 0 Å². The summed E-state index contributed by atoms with van der Waals surface area (Å²) < 4.78 is 20.0. The Morgan fingerprint density at radius 2 is 2.15 bits per heavy atom. The van der Waals surface area contributed by atoms with Gasteiger partial charge in [0.05, 0.1) is 16.5 Å². The fourth-order valence-corrected chi connectivity index (χ4v) is 3.22. The van der Waals surface area contributed by atoms with E-state index in [2.05, 4.69) is 15.9 Å². The van der Waals surface area contributed by atoms with Gasteiger partial charge in [0.15, 0.2) is 0 Å². The zero-order valence-corrected chi connectivity index (χ0v) is 12.6. The van der Waals surface area contributed by atoms with Crippen LogP contribution in [0, 0.1) is 11.7 Å². The van der Waals surface area contributed by atoms with Gasteiger partial charge in [-0.15, -0.1) is 0 Å². The third-order valence-corrected chi connectivity index (χ3v) is 4.89. The average Bonchev–Trinajstić information content (AvgIpc) is 3.09. The molecule has 1 aromatic carbocycles. The molecular formula is C15H16BrFO3. The van der Waals surface area contributed by atoms with E-state index < -0.39 is 17.2 Å². The lowest BCUT2D eigenvalue weighted by molar-refractivity contribution is -0.147. The van der Waals surface area contributed by atoms with Crippen molar-refractivity contribution in [1.82, 2.24) is 0 Å². The number of carboxylic acids is 1. The molecule has 3 nitrogen and oxygen atoms in total. The molecular weight excluding hydrogens is 327 g/mol. The van der Waals surface area contributed by atoms with Crippen LogP contribution < -0.4 is 4.74 Å². The molecule has 1 aromatic rings. The maximum absolute atomic E-state index is 13.7. The minimum atomic E-state index is -0.983. The molecule has 0 radical (unpaired) electrons. The lowest BCUT2D eigenvalue weighted by Crippen LogP contribution is -2.42. The lowest BCUT2D eigenvalue weighted by atomic mass is 9.64. The molecule has 0 saturated heterocycles. The van der Waals surface area contributed by atoms with Gasteiger partial charge in [-0.1, -0.05) is 6.42 Å². The van der Waals surface area contributed by atoms with Gasteiger partial charge in [0.1, 0.15) is 11.6 Å². The molecule has 2 aliphatic rings. The van der Waals surface area contributed by atoms with Gasteiger partial charge < -0.3 is 9.84 Å². The van der Waals surface area contributed by atoms with Gasteiger partial charge in [0.2, 0.25) is 0 Å². The molecule has 0 aliphatic heterocycles. The van der Waals surface area contributed by atoms with Gasteiger partial charge in [-0.2, -0.15) is 0 Å². The average molecular weight is 343 g/mol. The van der Waals surface area contributed by atoms with E-state index in [1.807, 2.05) is 0 Å². The topological polar surface area (TPSA) is 46.5 Å². The zero-order valence-electron chi connectivity index (χ0n) is 11.0. The highest BCUT2D eigenvalue weighted by Crippen LogP contribution is 2.49. The Morgan fingerprint density at radius 1 is 1.45 bits per heavy atom. The van der Waals surface area contributed by atoms with E-state index >= 15 is 0 Å². The summed E-state index contributed by atoms with van der Waals surface area (Å²) in [6, 6.07) is 2.65. The van der Waals surface area contributed by atoms with E-state index in [9.17, 15) is 14.3 Å². The van der Waals surface area contributed by atoms with Crippen molar-refractivity contribution in [3.8, 4) is 5.75 Å². The normalized spacial score (nSPS) is 20.3. The first-order valence-electron chi connectivity index (χ1n) is 6.89. The lowest BCUT2D eigenvalue weighted by Gasteiger charge is -2.39. The largest absolute Gasteiger partial charge is 0.492 e. The van der Waals surface area contributed by atoms with Crippen molar-refractivity contribution >= 4 is 21.9 Å². The number of rotatable bonds is 5. The smallest absolute Gasteiger partial charge is 0.314 e. The third-order valence-electron chi connectivity index (χ3n) is 4.30. The predicted molar refractivity (Wildman–Crippen MR) is 75.5 cm³/mol. The molecule has 5 heteroatoms. The highest BCUT2D eigenvalue weighted by molar-refractivity contribution is 9.10. The summed E-state index contributed by atoms with van der Waals surface area (Å²) in [6.07, 6.45) is 4.23. The van der Waals surface area contributed by atoms with Crippen molar-refractivity contribution in [3.63, 3.8) is 0 Å². The highest BCUT2D eigenvalue weighted by Gasteiger charge is 2.48. The van der Waals surface area contributed by atoms with Crippen molar-refractivity contribution in [2.75, 3.05) is 6.61 Å². The summed E-state index contributed by atoms with van der Waals surface area (Å²) in [5.41, 5.74) is -0.507. The Hall–Kier alpha value is -1.10. The molecule has 0 spiro atoms. The van der Waals surface area contributed by atoms with E-state index in [0.29, 0.717) is 41.2 Å². The number of hydrogen-bond donors (Lipinski definition) is 1. The van der Waals surface area contributed by atoms with E-state index in [-0.39, 0.29) is 0 Å². The zero-order chi connectivity index (χ0) is 14.3. The number of hydrogen-bond acceptors (Lipinski definition) is 2. The van der Waals surface area contributed by atoms with E-state index in [4.69, 9.17) is 4.74 Å². The summed E-state index contributed by atoms with van der Waals surface area (Å²) in [7, 11) is 0. The number of halogens is 2. The molecule has 0 atom stereocenters. The standard InChI is InChI=1S/C15H16BrFO3/c16-12-7-10(17)6-11(13(12)20-8-9-2-3-9)15(14(18)19)4-1-5-15/h6-7,9H,1-5,8H2,(H,18,19). The van der Waals surface area contributed by atoms with Crippen LogP contribution in [-0.4, -0.2) is 17.7 Å². The molecule has 2 fully saturated rings. The first kappa shape index (κ1) is 13.9. The maximum Gasteiger partial charge on any atom is 0.314 e. The molecule has 2 aliphatic carbocycles. The van der Waals surface area contributed by atoms with Crippen molar-refractivity contribution in [2.24, 2.45) is 5.92 Å². The molecule has 0 unspecified atom stereocenters. The van der Waals surface area contributed by atoms with Crippen molar-refractivity contribution < 1.29 is 19.0 Å². The van der Waals surface area contributed by atoms with E-state index in [0.717, 1.165) is 19.3 Å². The van der Waals surface area contributed by atoms with Crippen LogP contribution in [0.2, 0.25) is 0 Å². The molecule has 0 bridgehead atoms. The molecule has 2 saturated carbocycles. The molecule has 20 heavy (non-hydrogen) atoms. The number of carbonyl (C=O) groups is 1. The molecule has 108 valence electrons. The summed E-state index contributed by atoms with van der Waals surface area (Å²) in [5.74, 6) is -0.266. The first-order chi connectivity index (χ1) is 9.53. The third kappa shape index (κ3) is 2.32. The quantitative estimate of drug-likeness (QED) is 0.883. The van der Waals surface area contributed by atoms with E-state index in [1.165, 1.54) is 12.1 Å². The molecule has 1 N–H and O–H groups in total. The summed E-state index contributed by atoms with van der Waals surface area (Å²) in [6.45, 7) is 0.576. The van der Waals surface area contributed by atoms with Crippen LogP contribution in [0.25, 0.3) is 0 Å². The summed E-state index contributed by atoms with van der Waals surface area (Å²) in [5, 5.41) is 9.54. The Kier molecular flexibility index (Phi) is 3.48. The Labute approximate surface area is 125 Å². The van der Waals surface area contributed by atoms with E-state index in [1.54, 1.807) is 0 Å². The predicted octanol–water partition coefficient (Wildman–Crippen LogP) is 3.88. The van der Waals surface area contributed by atoms with Gasteiger partial charge in [-0.25, -0.2) is 4.39 Å². The van der Waals surface area contributed by atoms with Crippen LogP contribution in [0.5, 0.6) is 5.75 Å². The maximum atomic E-state index is 13.7. The van der Waals surface area contributed by atoms with Crippen LogP contribution in [0.4, 0.5) is 4.39 Å². The van der Waals surface area contributed by atoms with Crippen molar-refractivity contribution in [1.29, 1.82) is 0 Å². The van der Waals surface area contributed by atoms with Crippen molar-refractivity contribution in [3.05, 3.63) is 28.0 Å². The number of aliphatic carboxylic acids is 1. The number of benzene rings is 1. The monoisotopic (exact) mass is 342 g/mol. The van der Waals surface area contributed by atoms with Crippen LogP contribution in [0.15, 0.2) is 16.6 Å². The first-order valence-corrected chi connectivity index (χ1v) is 7.68. The van der Waals surface area contributed by atoms with Crippen LogP contribution in [0.1, 0.15) is 37.7 Å². The second-order valence-corrected chi connectivity index (χ2v) is 6.61.